The SMILES string of the molecule is CCSCCC(=O)NCCC(=O)NCCC(=O)C(C)C. The zero-order chi connectivity index (χ0) is 15.4. The lowest BCUT2D eigenvalue weighted by Gasteiger charge is -2.07. The number of amides is 2. The first-order chi connectivity index (χ1) is 9.47. The molecule has 0 saturated carbocycles. The molecular weight excluding hydrogens is 276 g/mol. The molecule has 0 fully saturated rings. The summed E-state index contributed by atoms with van der Waals surface area (Å²) in [4.78, 5) is 34.2. The molecule has 0 rings (SSSR count). The van der Waals surface area contributed by atoms with E-state index in [1.807, 2.05) is 13.8 Å². The van der Waals surface area contributed by atoms with Crippen LogP contribution >= 0.6 is 11.8 Å². The Hall–Kier alpha value is -1.04. The highest BCUT2D eigenvalue weighted by atomic mass is 32.2. The molecule has 0 unspecified atom stereocenters. The van der Waals surface area contributed by atoms with E-state index in [1.54, 1.807) is 11.8 Å². The second kappa shape index (κ2) is 11.8. The highest BCUT2D eigenvalue weighted by Gasteiger charge is 2.08. The average molecular weight is 302 g/mol. The Balaban J connectivity index is 3.54. The van der Waals surface area contributed by atoms with Crippen molar-refractivity contribution >= 4 is 29.4 Å². The zero-order valence-corrected chi connectivity index (χ0v) is 13.5. The molecule has 0 aromatic rings. The van der Waals surface area contributed by atoms with Crippen LogP contribution in [0.4, 0.5) is 0 Å². The second-order valence-corrected chi connectivity index (χ2v) is 6.16. The molecule has 0 radical (unpaired) electrons. The third kappa shape index (κ3) is 10.8. The molecule has 0 aliphatic heterocycles. The van der Waals surface area contributed by atoms with Gasteiger partial charge in [0.2, 0.25) is 11.8 Å². The average Bonchev–Trinajstić information content (AvgIpc) is 2.38. The predicted molar refractivity (Wildman–Crippen MR) is 82.7 cm³/mol. The van der Waals surface area contributed by atoms with Crippen molar-refractivity contribution in [3.63, 3.8) is 0 Å². The molecule has 0 spiro atoms. The lowest BCUT2D eigenvalue weighted by molar-refractivity contribution is -0.122. The fourth-order valence-corrected chi connectivity index (χ4v) is 2.03. The molecule has 0 heterocycles. The minimum absolute atomic E-state index is 0.00665. The van der Waals surface area contributed by atoms with Crippen LogP contribution in [0.2, 0.25) is 0 Å². The molecule has 0 bridgehead atoms. The minimum Gasteiger partial charge on any atom is -0.356 e. The summed E-state index contributed by atoms with van der Waals surface area (Å²) in [5, 5.41) is 5.39. The maximum absolute atomic E-state index is 11.5. The van der Waals surface area contributed by atoms with Gasteiger partial charge in [0.25, 0.3) is 0 Å². The Morgan fingerprint density at radius 3 is 2.05 bits per heavy atom. The van der Waals surface area contributed by atoms with Crippen molar-refractivity contribution in [3.05, 3.63) is 0 Å². The molecule has 0 aromatic heterocycles. The molecule has 0 aliphatic carbocycles. The number of carbonyl (C=O) groups excluding carboxylic acids is 3. The van der Waals surface area contributed by atoms with E-state index in [9.17, 15) is 14.4 Å². The fourth-order valence-electron chi connectivity index (χ4n) is 1.42. The molecule has 5 nitrogen and oxygen atoms in total. The van der Waals surface area contributed by atoms with Crippen molar-refractivity contribution in [1.29, 1.82) is 0 Å². The van der Waals surface area contributed by atoms with E-state index in [4.69, 9.17) is 0 Å². The molecule has 0 atom stereocenters. The summed E-state index contributed by atoms with van der Waals surface area (Å²) < 4.78 is 0. The Labute approximate surface area is 125 Å². The van der Waals surface area contributed by atoms with Crippen molar-refractivity contribution in [2.45, 2.75) is 40.0 Å². The quantitative estimate of drug-likeness (QED) is 0.565. The zero-order valence-electron chi connectivity index (χ0n) is 12.7. The number of carbonyl (C=O) groups is 3. The Morgan fingerprint density at radius 1 is 0.950 bits per heavy atom. The van der Waals surface area contributed by atoms with E-state index < -0.39 is 0 Å². The third-order valence-electron chi connectivity index (χ3n) is 2.69. The molecule has 0 saturated heterocycles. The van der Waals surface area contributed by atoms with Gasteiger partial charge in [-0.25, -0.2) is 0 Å². The maximum atomic E-state index is 11.5. The standard InChI is InChI=1S/C14H26N2O3S/c1-4-20-10-7-14(19)16-9-6-13(18)15-8-5-12(17)11(2)3/h11H,4-10H2,1-3H3,(H,15,18)(H,16,19). The molecule has 2 amide bonds. The van der Waals surface area contributed by atoms with Gasteiger partial charge >= 0.3 is 0 Å². The predicted octanol–water partition coefficient (Wildman–Crippen LogP) is 1.37. The molecular formula is C14H26N2O3S. The van der Waals surface area contributed by atoms with Gasteiger partial charge in [0.1, 0.15) is 5.78 Å². The van der Waals surface area contributed by atoms with Crippen LogP contribution in [0, 0.1) is 5.92 Å². The summed E-state index contributed by atoms with van der Waals surface area (Å²) in [5.41, 5.74) is 0. The van der Waals surface area contributed by atoms with Crippen molar-refractivity contribution < 1.29 is 14.4 Å². The van der Waals surface area contributed by atoms with Crippen molar-refractivity contribution in [1.82, 2.24) is 10.6 Å². The van der Waals surface area contributed by atoms with Gasteiger partial charge in [-0.1, -0.05) is 20.8 Å². The largest absolute Gasteiger partial charge is 0.356 e. The van der Waals surface area contributed by atoms with Gasteiger partial charge < -0.3 is 10.6 Å². The van der Waals surface area contributed by atoms with E-state index in [1.165, 1.54) is 0 Å². The lowest BCUT2D eigenvalue weighted by Crippen LogP contribution is -2.32. The smallest absolute Gasteiger partial charge is 0.221 e. The summed E-state index contributed by atoms with van der Waals surface area (Å²) in [6, 6.07) is 0. The molecule has 2 N–H and O–H groups in total. The normalized spacial score (nSPS) is 10.4. The van der Waals surface area contributed by atoms with Crippen LogP contribution < -0.4 is 10.6 Å². The highest BCUT2D eigenvalue weighted by Crippen LogP contribution is 2.00. The second-order valence-electron chi connectivity index (χ2n) is 4.77. The molecule has 116 valence electrons. The topological polar surface area (TPSA) is 75.3 Å². The Bertz CT molecular complexity index is 320. The number of Topliss-reactive ketones (excluding diaryl/α,β-unsaturated/α-hetero) is 1. The summed E-state index contributed by atoms with van der Waals surface area (Å²) in [5.74, 6) is 1.81. The van der Waals surface area contributed by atoms with Gasteiger partial charge in [-0.15, -0.1) is 0 Å². The highest BCUT2D eigenvalue weighted by molar-refractivity contribution is 7.99. The summed E-state index contributed by atoms with van der Waals surface area (Å²) in [7, 11) is 0. The number of thioether (sulfide) groups is 1. The number of nitrogens with one attached hydrogen (secondary N) is 2. The van der Waals surface area contributed by atoms with E-state index in [0.29, 0.717) is 25.9 Å². The number of hydrogen-bond donors (Lipinski definition) is 2. The van der Waals surface area contributed by atoms with Gasteiger partial charge in [0, 0.05) is 44.0 Å². The van der Waals surface area contributed by atoms with Crippen molar-refractivity contribution in [2.75, 3.05) is 24.6 Å². The van der Waals surface area contributed by atoms with Crippen LogP contribution in [0.5, 0.6) is 0 Å². The molecule has 0 aliphatic rings. The minimum atomic E-state index is -0.134. The van der Waals surface area contributed by atoms with Gasteiger partial charge in [0.05, 0.1) is 0 Å². The molecule has 20 heavy (non-hydrogen) atoms. The number of hydrogen-bond acceptors (Lipinski definition) is 4. The van der Waals surface area contributed by atoms with Crippen LogP contribution in [0.25, 0.3) is 0 Å². The monoisotopic (exact) mass is 302 g/mol. The molecule has 6 heteroatoms. The van der Waals surface area contributed by atoms with Crippen LogP contribution in [-0.2, 0) is 14.4 Å². The third-order valence-corrected chi connectivity index (χ3v) is 3.59. The first-order valence-electron chi connectivity index (χ1n) is 7.11. The van der Waals surface area contributed by atoms with Gasteiger partial charge in [-0.05, 0) is 5.75 Å². The van der Waals surface area contributed by atoms with Crippen LogP contribution in [0.1, 0.15) is 40.0 Å². The Morgan fingerprint density at radius 2 is 1.50 bits per heavy atom. The fraction of sp³-hybridized carbons (Fsp3) is 0.786. The van der Waals surface area contributed by atoms with Gasteiger partial charge in [0.15, 0.2) is 0 Å². The number of rotatable bonds is 11. The van der Waals surface area contributed by atoms with Crippen LogP contribution in [0.3, 0.4) is 0 Å². The van der Waals surface area contributed by atoms with Gasteiger partial charge in [-0.3, -0.25) is 14.4 Å². The first kappa shape index (κ1) is 19.0. The summed E-state index contributed by atoms with van der Waals surface area (Å²) >= 11 is 1.72. The van der Waals surface area contributed by atoms with Crippen molar-refractivity contribution in [3.8, 4) is 0 Å². The van der Waals surface area contributed by atoms with E-state index >= 15 is 0 Å². The first-order valence-corrected chi connectivity index (χ1v) is 8.26. The molecule has 0 aromatic carbocycles. The van der Waals surface area contributed by atoms with Crippen LogP contribution in [0.15, 0.2) is 0 Å². The summed E-state index contributed by atoms with van der Waals surface area (Å²) in [6.07, 6.45) is 1.11. The van der Waals surface area contributed by atoms with E-state index in [2.05, 4.69) is 17.6 Å². The Kier molecular flexibility index (Phi) is 11.1. The summed E-state index contributed by atoms with van der Waals surface area (Å²) in [6.45, 7) is 6.46. The number of ketones is 1. The van der Waals surface area contributed by atoms with E-state index in [-0.39, 0.29) is 29.9 Å². The van der Waals surface area contributed by atoms with Gasteiger partial charge in [-0.2, -0.15) is 11.8 Å². The van der Waals surface area contributed by atoms with Crippen molar-refractivity contribution in [2.24, 2.45) is 5.92 Å². The lowest BCUT2D eigenvalue weighted by atomic mass is 10.1. The van der Waals surface area contributed by atoms with E-state index in [0.717, 1.165) is 11.5 Å². The maximum Gasteiger partial charge on any atom is 0.221 e. The van der Waals surface area contributed by atoms with Crippen LogP contribution in [-0.4, -0.2) is 42.2 Å².